The molecular formula is C24H26F2N4. The first kappa shape index (κ1) is 21.7. The van der Waals surface area contributed by atoms with E-state index in [1.165, 1.54) is 50.3 Å². The standard InChI is InChI=1S/C24H26F2N4/c1-3-5-6-7-8-9-10-11-12-30-23-15-20(25)17(4-2)13-18(23)19-14-22(28-29-27)21(26)16-24(19)30/h2,13-16H,3,5-12H2,1H3. The number of hydrogen-bond acceptors (Lipinski definition) is 1. The SMILES string of the molecule is C#Cc1cc2c3cc(N=[N+]=[N-])c(F)cc3n(CCCCCCCCCC)c2cc1F. The number of aromatic nitrogens is 1. The molecule has 0 fully saturated rings. The van der Waals surface area contributed by atoms with E-state index in [9.17, 15) is 8.78 Å². The Bertz CT molecular complexity index is 1130. The van der Waals surface area contributed by atoms with Gasteiger partial charge in [0.2, 0.25) is 0 Å². The Morgan fingerprint density at radius 2 is 1.53 bits per heavy atom. The van der Waals surface area contributed by atoms with E-state index in [0.29, 0.717) is 23.0 Å². The molecule has 0 radical (unpaired) electrons. The first-order chi connectivity index (χ1) is 14.6. The largest absolute Gasteiger partial charge is 0.340 e. The van der Waals surface area contributed by atoms with E-state index < -0.39 is 11.6 Å². The third-order valence-corrected chi connectivity index (χ3v) is 5.57. The maximum atomic E-state index is 14.4. The summed E-state index contributed by atoms with van der Waals surface area (Å²) in [5, 5.41) is 4.86. The molecule has 0 unspecified atom stereocenters. The van der Waals surface area contributed by atoms with E-state index in [0.717, 1.165) is 24.6 Å². The average Bonchev–Trinajstić information content (AvgIpc) is 3.01. The van der Waals surface area contributed by atoms with Crippen molar-refractivity contribution in [3.05, 3.63) is 51.9 Å². The number of terminal acetylenes is 1. The van der Waals surface area contributed by atoms with Gasteiger partial charge in [-0.25, -0.2) is 8.78 Å². The fraction of sp³-hybridized carbons (Fsp3) is 0.417. The predicted molar refractivity (Wildman–Crippen MR) is 119 cm³/mol. The molecule has 0 amide bonds. The van der Waals surface area contributed by atoms with Crippen molar-refractivity contribution in [3.63, 3.8) is 0 Å². The number of hydrogen-bond donors (Lipinski definition) is 0. The second-order valence-electron chi connectivity index (χ2n) is 7.63. The average molecular weight is 408 g/mol. The molecule has 0 saturated heterocycles. The number of azide groups is 1. The first-order valence-corrected chi connectivity index (χ1v) is 10.6. The summed E-state index contributed by atoms with van der Waals surface area (Å²) in [6, 6.07) is 5.89. The molecular weight excluding hydrogens is 382 g/mol. The van der Waals surface area contributed by atoms with Gasteiger partial charge < -0.3 is 4.57 Å². The predicted octanol–water partition coefficient (Wildman–Crippen LogP) is 8.14. The van der Waals surface area contributed by atoms with E-state index in [2.05, 4.69) is 22.9 Å². The number of fused-ring (bicyclic) bond motifs is 3. The zero-order chi connectivity index (χ0) is 21.5. The lowest BCUT2D eigenvalue weighted by Gasteiger charge is -2.08. The van der Waals surface area contributed by atoms with Crippen molar-refractivity contribution in [2.24, 2.45) is 5.11 Å². The third kappa shape index (κ3) is 4.58. The van der Waals surface area contributed by atoms with Gasteiger partial charge >= 0.3 is 0 Å². The topological polar surface area (TPSA) is 53.7 Å². The molecule has 0 spiro atoms. The van der Waals surface area contributed by atoms with Crippen LogP contribution < -0.4 is 0 Å². The lowest BCUT2D eigenvalue weighted by Crippen LogP contribution is -1.99. The molecule has 0 aliphatic heterocycles. The zero-order valence-corrected chi connectivity index (χ0v) is 17.3. The summed E-state index contributed by atoms with van der Waals surface area (Å²) in [6.07, 6.45) is 14.9. The summed E-state index contributed by atoms with van der Waals surface area (Å²) < 4.78 is 30.8. The van der Waals surface area contributed by atoms with Crippen molar-refractivity contribution >= 4 is 27.5 Å². The molecule has 3 rings (SSSR count). The fourth-order valence-electron chi connectivity index (χ4n) is 4.00. The molecule has 1 aromatic heterocycles. The number of unbranched alkanes of at least 4 members (excludes halogenated alkanes) is 7. The summed E-state index contributed by atoms with van der Waals surface area (Å²) in [5.74, 6) is 1.28. The van der Waals surface area contributed by atoms with E-state index in [1.807, 2.05) is 4.57 Å². The van der Waals surface area contributed by atoms with Gasteiger partial charge in [-0.15, -0.1) is 6.42 Å². The highest BCUT2D eigenvalue weighted by Crippen LogP contribution is 2.35. The molecule has 156 valence electrons. The van der Waals surface area contributed by atoms with Gasteiger partial charge in [0, 0.05) is 22.2 Å². The number of nitrogens with zero attached hydrogens (tertiary/aromatic N) is 4. The highest BCUT2D eigenvalue weighted by molar-refractivity contribution is 6.09. The van der Waals surface area contributed by atoms with Crippen molar-refractivity contribution in [2.45, 2.75) is 64.8 Å². The fourth-order valence-corrected chi connectivity index (χ4v) is 4.00. The maximum absolute atomic E-state index is 14.4. The molecule has 0 saturated carbocycles. The highest BCUT2D eigenvalue weighted by Gasteiger charge is 2.16. The van der Waals surface area contributed by atoms with Gasteiger partial charge in [0.15, 0.2) is 0 Å². The molecule has 0 N–H and O–H groups in total. The van der Waals surface area contributed by atoms with Crippen LogP contribution in [0.2, 0.25) is 0 Å². The van der Waals surface area contributed by atoms with Gasteiger partial charge in [-0.1, -0.05) is 62.9 Å². The minimum Gasteiger partial charge on any atom is -0.340 e. The molecule has 3 aromatic rings. The van der Waals surface area contributed by atoms with Crippen LogP contribution in [0.1, 0.15) is 63.9 Å². The van der Waals surface area contributed by atoms with E-state index in [-0.39, 0.29) is 11.3 Å². The highest BCUT2D eigenvalue weighted by atomic mass is 19.1. The van der Waals surface area contributed by atoms with Crippen LogP contribution in [-0.4, -0.2) is 4.57 Å². The van der Waals surface area contributed by atoms with Crippen LogP contribution in [0, 0.1) is 24.0 Å². The molecule has 2 aromatic carbocycles. The summed E-state index contributed by atoms with van der Waals surface area (Å²) in [6.45, 7) is 2.86. The van der Waals surface area contributed by atoms with Gasteiger partial charge in [0.05, 0.1) is 22.3 Å². The van der Waals surface area contributed by atoms with Crippen LogP contribution in [0.5, 0.6) is 0 Å². The smallest absolute Gasteiger partial charge is 0.140 e. The molecule has 4 nitrogen and oxygen atoms in total. The summed E-state index contributed by atoms with van der Waals surface area (Å²) in [4.78, 5) is 2.69. The summed E-state index contributed by atoms with van der Waals surface area (Å²) in [5.41, 5.74) is 10.1. The van der Waals surface area contributed by atoms with E-state index in [4.69, 9.17) is 12.0 Å². The van der Waals surface area contributed by atoms with Crippen molar-refractivity contribution in [1.29, 1.82) is 0 Å². The lowest BCUT2D eigenvalue weighted by atomic mass is 10.1. The Kier molecular flexibility index (Phi) is 7.32. The van der Waals surface area contributed by atoms with Crippen LogP contribution in [0.15, 0.2) is 29.4 Å². The summed E-state index contributed by atoms with van der Waals surface area (Å²) >= 11 is 0. The van der Waals surface area contributed by atoms with Gasteiger partial charge in [0.25, 0.3) is 0 Å². The Morgan fingerprint density at radius 1 is 0.933 bits per heavy atom. The monoisotopic (exact) mass is 408 g/mol. The van der Waals surface area contributed by atoms with Crippen molar-refractivity contribution < 1.29 is 8.78 Å². The molecule has 0 atom stereocenters. The lowest BCUT2D eigenvalue weighted by molar-refractivity contribution is 0.552. The Balaban J connectivity index is 1.91. The van der Waals surface area contributed by atoms with Crippen LogP contribution in [-0.2, 0) is 6.54 Å². The summed E-state index contributed by atoms with van der Waals surface area (Å²) in [7, 11) is 0. The van der Waals surface area contributed by atoms with Crippen molar-refractivity contribution in [3.8, 4) is 12.3 Å². The second-order valence-corrected chi connectivity index (χ2v) is 7.63. The number of halogens is 2. The molecule has 30 heavy (non-hydrogen) atoms. The van der Waals surface area contributed by atoms with Gasteiger partial charge in [-0.3, -0.25) is 0 Å². The Morgan fingerprint density at radius 3 is 2.17 bits per heavy atom. The van der Waals surface area contributed by atoms with E-state index >= 15 is 0 Å². The van der Waals surface area contributed by atoms with Crippen LogP contribution in [0.3, 0.4) is 0 Å². The first-order valence-electron chi connectivity index (χ1n) is 10.6. The van der Waals surface area contributed by atoms with Crippen LogP contribution in [0.4, 0.5) is 14.5 Å². The molecule has 0 aliphatic rings. The quantitative estimate of drug-likeness (QED) is 0.107. The normalized spacial score (nSPS) is 11.0. The maximum Gasteiger partial charge on any atom is 0.140 e. The van der Waals surface area contributed by atoms with Gasteiger partial charge in [-0.05, 0) is 36.2 Å². The molecule has 0 bridgehead atoms. The second kappa shape index (κ2) is 10.1. The minimum absolute atomic E-state index is 0.0808. The minimum atomic E-state index is -0.599. The molecule has 0 aliphatic carbocycles. The van der Waals surface area contributed by atoms with Crippen LogP contribution >= 0.6 is 0 Å². The third-order valence-electron chi connectivity index (χ3n) is 5.57. The molecule has 1 heterocycles. The number of aryl methyl sites for hydroxylation is 1. The van der Waals surface area contributed by atoms with E-state index in [1.54, 1.807) is 6.07 Å². The Hall–Kier alpha value is -3.03. The van der Waals surface area contributed by atoms with Crippen LogP contribution in [0.25, 0.3) is 32.2 Å². The number of benzene rings is 2. The number of rotatable bonds is 10. The molecule has 6 heteroatoms. The van der Waals surface area contributed by atoms with Gasteiger partial charge in [-0.2, -0.15) is 0 Å². The Labute approximate surface area is 175 Å². The van der Waals surface area contributed by atoms with Crippen molar-refractivity contribution in [1.82, 2.24) is 4.57 Å². The zero-order valence-electron chi connectivity index (χ0n) is 17.3. The van der Waals surface area contributed by atoms with Crippen molar-refractivity contribution in [2.75, 3.05) is 0 Å². The van der Waals surface area contributed by atoms with Gasteiger partial charge in [0.1, 0.15) is 11.6 Å².